The molecule has 0 aromatic carbocycles. The number of thiazole rings is 1. The van der Waals surface area contributed by atoms with Crippen molar-refractivity contribution in [2.75, 3.05) is 20.2 Å². The van der Waals surface area contributed by atoms with Gasteiger partial charge < -0.3 is 10.1 Å². The molecule has 1 N–H and O–H groups in total. The number of aromatic nitrogens is 1. The van der Waals surface area contributed by atoms with Crippen LogP contribution in [0, 0.1) is 0 Å². The van der Waals surface area contributed by atoms with E-state index in [1.165, 1.54) is 25.0 Å². The van der Waals surface area contributed by atoms with Crippen LogP contribution in [0.25, 0.3) is 0 Å². The third-order valence-electron chi connectivity index (χ3n) is 3.07. The fraction of sp³-hybridized carbons (Fsp3) is 0.667. The molecule has 94 valence electrons. The van der Waals surface area contributed by atoms with Crippen molar-refractivity contribution in [1.29, 1.82) is 0 Å². The molecule has 1 aromatic heterocycles. The minimum atomic E-state index is -0.165. The van der Waals surface area contributed by atoms with Crippen LogP contribution < -0.4 is 5.32 Å². The number of ether oxygens (including phenoxy) is 1. The van der Waals surface area contributed by atoms with Crippen molar-refractivity contribution in [3.8, 4) is 0 Å². The molecule has 1 fully saturated rings. The van der Waals surface area contributed by atoms with Crippen LogP contribution >= 0.6 is 11.3 Å². The quantitative estimate of drug-likeness (QED) is 0.831. The molecule has 0 bridgehead atoms. The Kier molecular flexibility index (Phi) is 4.50. The van der Waals surface area contributed by atoms with Gasteiger partial charge in [0.1, 0.15) is 0 Å². The lowest BCUT2D eigenvalue weighted by Gasteiger charge is -2.20. The molecule has 0 amide bonds. The lowest BCUT2D eigenvalue weighted by Crippen LogP contribution is -2.26. The Morgan fingerprint density at radius 2 is 2.35 bits per heavy atom. The molecule has 1 aliphatic rings. The summed E-state index contributed by atoms with van der Waals surface area (Å²) < 4.78 is 4.62. The number of carbonyl (C=O) groups excluding carboxylic acids is 1. The molecule has 0 radical (unpaired) electrons. The first kappa shape index (κ1) is 12.5. The SMILES string of the molecule is COC(=O)CCc1csc(C2CCNCC2)n1. The number of piperidine rings is 1. The monoisotopic (exact) mass is 254 g/mol. The third kappa shape index (κ3) is 3.51. The Labute approximate surface area is 105 Å². The summed E-state index contributed by atoms with van der Waals surface area (Å²) in [6.07, 6.45) is 3.45. The first-order valence-corrected chi connectivity index (χ1v) is 6.89. The van der Waals surface area contributed by atoms with Gasteiger partial charge in [-0.05, 0) is 25.9 Å². The number of aryl methyl sites for hydroxylation is 1. The average molecular weight is 254 g/mol. The molecule has 0 atom stereocenters. The van der Waals surface area contributed by atoms with E-state index < -0.39 is 0 Å². The molecule has 1 aliphatic heterocycles. The predicted molar refractivity (Wildman–Crippen MR) is 67.3 cm³/mol. The number of rotatable bonds is 4. The second-order valence-electron chi connectivity index (χ2n) is 4.28. The van der Waals surface area contributed by atoms with Crippen LogP contribution in [0.15, 0.2) is 5.38 Å². The van der Waals surface area contributed by atoms with Crippen molar-refractivity contribution < 1.29 is 9.53 Å². The normalized spacial score (nSPS) is 17.0. The Morgan fingerprint density at radius 3 is 3.06 bits per heavy atom. The van der Waals surface area contributed by atoms with Gasteiger partial charge in [-0.25, -0.2) is 4.98 Å². The van der Waals surface area contributed by atoms with Crippen LogP contribution in [0.4, 0.5) is 0 Å². The van der Waals surface area contributed by atoms with Gasteiger partial charge >= 0.3 is 5.97 Å². The number of carbonyl (C=O) groups is 1. The fourth-order valence-electron chi connectivity index (χ4n) is 2.03. The summed E-state index contributed by atoms with van der Waals surface area (Å²) in [7, 11) is 1.42. The summed E-state index contributed by atoms with van der Waals surface area (Å²) in [4.78, 5) is 15.7. The van der Waals surface area contributed by atoms with Crippen LogP contribution in [0.2, 0.25) is 0 Å². The maximum Gasteiger partial charge on any atom is 0.305 e. The van der Waals surface area contributed by atoms with E-state index in [1.54, 1.807) is 11.3 Å². The highest BCUT2D eigenvalue weighted by Crippen LogP contribution is 2.28. The van der Waals surface area contributed by atoms with Gasteiger partial charge in [0.15, 0.2) is 0 Å². The lowest BCUT2D eigenvalue weighted by atomic mass is 9.99. The van der Waals surface area contributed by atoms with Crippen LogP contribution in [-0.4, -0.2) is 31.2 Å². The highest BCUT2D eigenvalue weighted by atomic mass is 32.1. The van der Waals surface area contributed by atoms with Crippen LogP contribution in [0.3, 0.4) is 0 Å². The van der Waals surface area contributed by atoms with Crippen LogP contribution in [0.1, 0.15) is 35.9 Å². The zero-order valence-electron chi connectivity index (χ0n) is 10.1. The fourth-order valence-corrected chi connectivity index (χ4v) is 3.05. The molecule has 1 saturated heterocycles. The molecule has 17 heavy (non-hydrogen) atoms. The van der Waals surface area contributed by atoms with Gasteiger partial charge in [-0.3, -0.25) is 4.79 Å². The maximum absolute atomic E-state index is 11.0. The van der Waals surface area contributed by atoms with E-state index in [2.05, 4.69) is 20.4 Å². The van der Waals surface area contributed by atoms with Crippen molar-refractivity contribution in [3.63, 3.8) is 0 Å². The molecule has 0 saturated carbocycles. The number of nitrogens with one attached hydrogen (secondary N) is 1. The summed E-state index contributed by atoms with van der Waals surface area (Å²) >= 11 is 1.72. The van der Waals surface area contributed by atoms with Crippen molar-refractivity contribution in [1.82, 2.24) is 10.3 Å². The number of esters is 1. The van der Waals surface area contributed by atoms with Gasteiger partial charge in [-0.15, -0.1) is 11.3 Å². The molecular weight excluding hydrogens is 236 g/mol. The number of nitrogens with zero attached hydrogens (tertiary/aromatic N) is 1. The van der Waals surface area contributed by atoms with Crippen molar-refractivity contribution in [3.05, 3.63) is 16.1 Å². The van der Waals surface area contributed by atoms with E-state index in [-0.39, 0.29) is 5.97 Å². The van der Waals surface area contributed by atoms with E-state index in [4.69, 9.17) is 0 Å². The van der Waals surface area contributed by atoms with E-state index in [0.717, 1.165) is 18.8 Å². The molecule has 1 aromatic rings. The first-order chi connectivity index (χ1) is 8.29. The zero-order chi connectivity index (χ0) is 12.1. The molecule has 0 unspecified atom stereocenters. The minimum absolute atomic E-state index is 0.165. The van der Waals surface area contributed by atoms with E-state index >= 15 is 0 Å². The van der Waals surface area contributed by atoms with Crippen molar-refractivity contribution >= 4 is 17.3 Å². The minimum Gasteiger partial charge on any atom is -0.469 e. The van der Waals surface area contributed by atoms with Gasteiger partial charge in [0.25, 0.3) is 0 Å². The Hall–Kier alpha value is -0.940. The first-order valence-electron chi connectivity index (χ1n) is 6.01. The Morgan fingerprint density at radius 1 is 1.59 bits per heavy atom. The highest BCUT2D eigenvalue weighted by molar-refractivity contribution is 7.09. The summed E-state index contributed by atoms with van der Waals surface area (Å²) in [6.45, 7) is 2.17. The Balaban J connectivity index is 1.88. The third-order valence-corrected chi connectivity index (χ3v) is 4.13. The van der Waals surface area contributed by atoms with Gasteiger partial charge in [0.05, 0.1) is 24.2 Å². The highest BCUT2D eigenvalue weighted by Gasteiger charge is 2.18. The Bertz CT molecular complexity index is 372. The average Bonchev–Trinajstić information content (AvgIpc) is 2.86. The molecule has 0 spiro atoms. The van der Waals surface area contributed by atoms with Crippen LogP contribution in [0.5, 0.6) is 0 Å². The summed E-state index contributed by atoms with van der Waals surface area (Å²) in [5.41, 5.74) is 1.02. The molecule has 4 nitrogen and oxygen atoms in total. The van der Waals surface area contributed by atoms with Crippen molar-refractivity contribution in [2.24, 2.45) is 0 Å². The predicted octanol–water partition coefficient (Wildman–Crippen LogP) is 1.72. The summed E-state index contributed by atoms with van der Waals surface area (Å²) in [5, 5.41) is 6.65. The van der Waals surface area contributed by atoms with Gasteiger partial charge in [-0.2, -0.15) is 0 Å². The molecule has 0 aliphatic carbocycles. The molecular formula is C12H18N2O2S. The second-order valence-corrected chi connectivity index (χ2v) is 5.17. The topological polar surface area (TPSA) is 51.2 Å². The summed E-state index contributed by atoms with van der Waals surface area (Å²) in [5.74, 6) is 0.439. The maximum atomic E-state index is 11.0. The van der Waals surface area contributed by atoms with Gasteiger partial charge in [0, 0.05) is 17.7 Å². The number of methoxy groups -OCH3 is 1. The van der Waals surface area contributed by atoms with Crippen molar-refractivity contribution in [2.45, 2.75) is 31.6 Å². The molecule has 5 heteroatoms. The summed E-state index contributed by atoms with van der Waals surface area (Å²) in [6, 6.07) is 0. The van der Waals surface area contributed by atoms with Gasteiger partial charge in [0.2, 0.25) is 0 Å². The van der Waals surface area contributed by atoms with Crippen LogP contribution in [-0.2, 0) is 16.0 Å². The number of hydrogen-bond donors (Lipinski definition) is 1. The smallest absolute Gasteiger partial charge is 0.305 e. The number of hydrogen-bond acceptors (Lipinski definition) is 5. The van der Waals surface area contributed by atoms with Gasteiger partial charge in [-0.1, -0.05) is 0 Å². The standard InChI is InChI=1S/C12H18N2O2S/c1-16-11(15)3-2-10-8-17-12(14-10)9-4-6-13-7-5-9/h8-9,13H,2-7H2,1H3. The van der Waals surface area contributed by atoms with E-state index in [9.17, 15) is 4.79 Å². The van der Waals surface area contributed by atoms with E-state index in [0.29, 0.717) is 18.8 Å². The van der Waals surface area contributed by atoms with E-state index in [1.807, 2.05) is 0 Å². The lowest BCUT2D eigenvalue weighted by molar-refractivity contribution is -0.140. The largest absolute Gasteiger partial charge is 0.469 e. The molecule has 2 heterocycles. The zero-order valence-corrected chi connectivity index (χ0v) is 10.9. The molecule has 2 rings (SSSR count). The second kappa shape index (κ2) is 6.12.